The number of rotatable bonds is 5. The molecule has 2 unspecified atom stereocenters. The van der Waals surface area contributed by atoms with Crippen LogP contribution in [0.3, 0.4) is 0 Å². The molecule has 1 aromatic rings. The van der Waals surface area contributed by atoms with Crippen LogP contribution in [0.5, 0.6) is 0 Å². The molecule has 2 atom stereocenters. The first-order valence-corrected chi connectivity index (χ1v) is 9.05. The van der Waals surface area contributed by atoms with Gasteiger partial charge in [0.2, 0.25) is 0 Å². The van der Waals surface area contributed by atoms with Gasteiger partial charge in [-0.15, -0.1) is 0 Å². The average Bonchev–Trinajstić information content (AvgIpc) is 2.48. The molecule has 4 nitrogen and oxygen atoms in total. The molecule has 2 rings (SSSR count). The Labute approximate surface area is 139 Å². The molecular weight excluding hydrogens is 322 g/mol. The molecule has 1 heterocycles. The van der Waals surface area contributed by atoms with Crippen LogP contribution in [0.2, 0.25) is 5.02 Å². The average molecular weight is 344 g/mol. The molecule has 1 aliphatic heterocycles. The second kappa shape index (κ2) is 7.57. The van der Waals surface area contributed by atoms with Crippen molar-refractivity contribution in [1.82, 2.24) is 4.31 Å². The molecule has 1 fully saturated rings. The maximum atomic E-state index is 13.0. The molecule has 0 aliphatic carbocycles. The molecule has 0 aromatic heterocycles. The molecular formula is C16H22ClNO3S. The van der Waals surface area contributed by atoms with Crippen molar-refractivity contribution in [3.8, 4) is 0 Å². The monoisotopic (exact) mass is 343 g/mol. The fraction of sp³-hybridized carbons (Fsp3) is 0.562. The van der Waals surface area contributed by atoms with E-state index in [-0.39, 0.29) is 12.5 Å². The molecule has 1 N–H and O–H groups in total. The first-order valence-electron chi connectivity index (χ1n) is 7.57. The summed E-state index contributed by atoms with van der Waals surface area (Å²) in [4.78, 5) is 11.6. The predicted octanol–water partition coefficient (Wildman–Crippen LogP) is 3.70. The van der Waals surface area contributed by atoms with Crippen LogP contribution in [0, 0.1) is 13.8 Å². The van der Waals surface area contributed by atoms with Crippen molar-refractivity contribution >= 4 is 28.6 Å². The fourth-order valence-corrected chi connectivity index (χ4v) is 4.70. The van der Waals surface area contributed by atoms with Crippen LogP contribution in [0.1, 0.15) is 43.2 Å². The van der Waals surface area contributed by atoms with Crippen molar-refractivity contribution in [3.63, 3.8) is 0 Å². The number of hydrogen-bond acceptors (Lipinski definition) is 2. The van der Waals surface area contributed by atoms with E-state index >= 15 is 0 Å². The SMILES string of the molecule is Cc1cc(S(=O)N2CCCCC2CCC(=O)O)c(C)cc1Cl. The van der Waals surface area contributed by atoms with Crippen molar-refractivity contribution in [2.45, 2.75) is 56.9 Å². The summed E-state index contributed by atoms with van der Waals surface area (Å²) in [6.07, 6.45) is 3.64. The van der Waals surface area contributed by atoms with E-state index in [9.17, 15) is 9.00 Å². The van der Waals surface area contributed by atoms with E-state index in [4.69, 9.17) is 16.7 Å². The van der Waals surface area contributed by atoms with Gasteiger partial charge in [-0.05, 0) is 56.4 Å². The molecule has 1 saturated heterocycles. The molecule has 6 heteroatoms. The number of carboxylic acids is 1. The van der Waals surface area contributed by atoms with Crippen molar-refractivity contribution in [1.29, 1.82) is 0 Å². The molecule has 22 heavy (non-hydrogen) atoms. The zero-order valence-corrected chi connectivity index (χ0v) is 14.5. The molecule has 1 aromatic carbocycles. The zero-order chi connectivity index (χ0) is 16.3. The first-order chi connectivity index (χ1) is 10.4. The van der Waals surface area contributed by atoms with Gasteiger partial charge in [0.05, 0.1) is 4.90 Å². The summed E-state index contributed by atoms with van der Waals surface area (Å²) in [6, 6.07) is 3.80. The Morgan fingerprint density at radius 2 is 2.09 bits per heavy atom. The van der Waals surface area contributed by atoms with Crippen LogP contribution in [-0.4, -0.2) is 32.2 Å². The summed E-state index contributed by atoms with van der Waals surface area (Å²) in [5.41, 5.74) is 1.83. The Morgan fingerprint density at radius 1 is 1.36 bits per heavy atom. The van der Waals surface area contributed by atoms with Gasteiger partial charge in [0, 0.05) is 24.0 Å². The summed E-state index contributed by atoms with van der Waals surface area (Å²) in [6.45, 7) is 4.56. The first kappa shape index (κ1) is 17.4. The lowest BCUT2D eigenvalue weighted by Crippen LogP contribution is -2.41. The van der Waals surface area contributed by atoms with Gasteiger partial charge in [0.1, 0.15) is 11.0 Å². The Bertz CT molecular complexity index is 591. The van der Waals surface area contributed by atoms with E-state index in [1.165, 1.54) is 0 Å². The van der Waals surface area contributed by atoms with Gasteiger partial charge in [-0.25, -0.2) is 8.51 Å². The van der Waals surface area contributed by atoms with Crippen LogP contribution in [0.4, 0.5) is 0 Å². The number of aryl methyl sites for hydroxylation is 2. The van der Waals surface area contributed by atoms with E-state index in [0.717, 1.165) is 41.8 Å². The summed E-state index contributed by atoms with van der Waals surface area (Å²) in [5.74, 6) is -0.796. The van der Waals surface area contributed by atoms with Crippen molar-refractivity contribution in [2.75, 3.05) is 6.54 Å². The van der Waals surface area contributed by atoms with Gasteiger partial charge in [-0.1, -0.05) is 18.0 Å². The summed E-state index contributed by atoms with van der Waals surface area (Å²) < 4.78 is 14.9. The molecule has 0 saturated carbocycles. The highest BCUT2D eigenvalue weighted by Gasteiger charge is 2.29. The van der Waals surface area contributed by atoms with Crippen LogP contribution < -0.4 is 0 Å². The van der Waals surface area contributed by atoms with Gasteiger partial charge >= 0.3 is 5.97 Å². The highest BCUT2D eigenvalue weighted by atomic mass is 35.5. The Morgan fingerprint density at radius 3 is 2.77 bits per heavy atom. The third-order valence-electron chi connectivity index (χ3n) is 4.12. The van der Waals surface area contributed by atoms with Crippen LogP contribution >= 0.6 is 11.6 Å². The maximum absolute atomic E-state index is 13.0. The smallest absolute Gasteiger partial charge is 0.303 e. The maximum Gasteiger partial charge on any atom is 0.303 e. The standard InChI is InChI=1S/C16H22ClNO3S/c1-11-10-15(12(2)9-14(11)17)22(21)18-8-4-3-5-13(18)6-7-16(19)20/h9-10,13H,3-8H2,1-2H3,(H,19,20). The summed E-state index contributed by atoms with van der Waals surface area (Å²) in [7, 11) is -1.26. The van der Waals surface area contributed by atoms with Crippen LogP contribution in [0.25, 0.3) is 0 Å². The van der Waals surface area contributed by atoms with Crippen molar-refractivity contribution in [3.05, 3.63) is 28.3 Å². The third-order valence-corrected chi connectivity index (χ3v) is 6.25. The van der Waals surface area contributed by atoms with Gasteiger partial charge in [-0.3, -0.25) is 4.79 Å². The quantitative estimate of drug-likeness (QED) is 0.886. The van der Waals surface area contributed by atoms with Crippen LogP contribution in [0.15, 0.2) is 17.0 Å². The van der Waals surface area contributed by atoms with Crippen molar-refractivity contribution < 1.29 is 14.1 Å². The zero-order valence-electron chi connectivity index (χ0n) is 13.0. The Hall–Kier alpha value is -0.910. The minimum Gasteiger partial charge on any atom is -0.481 e. The summed E-state index contributed by atoms with van der Waals surface area (Å²) in [5, 5.41) is 9.57. The van der Waals surface area contributed by atoms with E-state index in [1.807, 2.05) is 30.3 Å². The highest BCUT2D eigenvalue weighted by Crippen LogP contribution is 2.29. The lowest BCUT2D eigenvalue weighted by molar-refractivity contribution is -0.137. The van der Waals surface area contributed by atoms with E-state index in [2.05, 4.69) is 0 Å². The molecule has 0 amide bonds. The number of halogens is 1. The largest absolute Gasteiger partial charge is 0.481 e. The molecule has 122 valence electrons. The number of aliphatic carboxylic acids is 1. The van der Waals surface area contributed by atoms with Gasteiger partial charge < -0.3 is 5.11 Å². The van der Waals surface area contributed by atoms with Gasteiger partial charge in [0.15, 0.2) is 0 Å². The minimum absolute atomic E-state index is 0.0704. The van der Waals surface area contributed by atoms with Gasteiger partial charge in [-0.2, -0.15) is 0 Å². The normalized spacial score (nSPS) is 20.8. The lowest BCUT2D eigenvalue weighted by Gasteiger charge is -2.34. The number of piperidine rings is 1. The second-order valence-electron chi connectivity index (χ2n) is 5.84. The lowest BCUT2D eigenvalue weighted by atomic mass is 10.0. The van der Waals surface area contributed by atoms with E-state index in [0.29, 0.717) is 11.4 Å². The molecule has 1 aliphatic rings. The molecule has 0 bridgehead atoms. The number of carbonyl (C=O) groups is 1. The topological polar surface area (TPSA) is 57.6 Å². The van der Waals surface area contributed by atoms with Gasteiger partial charge in [0.25, 0.3) is 0 Å². The Kier molecular flexibility index (Phi) is 6.01. The predicted molar refractivity (Wildman–Crippen MR) is 88.5 cm³/mol. The molecule has 0 radical (unpaired) electrons. The number of benzene rings is 1. The number of hydrogen-bond donors (Lipinski definition) is 1. The Balaban J connectivity index is 2.21. The van der Waals surface area contributed by atoms with Crippen LogP contribution in [-0.2, 0) is 15.8 Å². The third kappa shape index (κ3) is 4.09. The van der Waals surface area contributed by atoms with E-state index in [1.54, 1.807) is 0 Å². The van der Waals surface area contributed by atoms with Crippen molar-refractivity contribution in [2.24, 2.45) is 0 Å². The highest BCUT2D eigenvalue weighted by molar-refractivity contribution is 7.82. The summed E-state index contributed by atoms with van der Waals surface area (Å²) >= 11 is 6.11. The fourth-order valence-electron chi connectivity index (χ4n) is 2.84. The molecule has 0 spiro atoms. The number of carboxylic acid groups (broad SMARTS) is 1. The van der Waals surface area contributed by atoms with E-state index < -0.39 is 17.0 Å². The second-order valence-corrected chi connectivity index (χ2v) is 7.65. The minimum atomic E-state index is -1.26. The number of nitrogens with zero attached hydrogens (tertiary/aromatic N) is 1.